The van der Waals surface area contributed by atoms with E-state index in [4.69, 9.17) is 5.73 Å². The number of nitrogens with zero attached hydrogens (tertiary/aromatic N) is 3. The van der Waals surface area contributed by atoms with Crippen LogP contribution in [0.25, 0.3) is 0 Å². The number of halogens is 2. The Morgan fingerprint density at radius 2 is 1.90 bits per heavy atom. The van der Waals surface area contributed by atoms with Crippen LogP contribution in [0.3, 0.4) is 0 Å². The molecule has 1 aliphatic rings. The predicted molar refractivity (Wildman–Crippen MR) is 90.7 cm³/mol. The molecule has 1 aromatic carbocycles. The van der Waals surface area contributed by atoms with Gasteiger partial charge in [0.2, 0.25) is 0 Å². The quantitative estimate of drug-likeness (QED) is 0.625. The molecule has 0 radical (unpaired) electrons. The lowest BCUT2D eigenvalue weighted by Crippen LogP contribution is -2.48. The second-order valence-corrected chi connectivity index (χ2v) is 6.62. The van der Waals surface area contributed by atoms with Gasteiger partial charge in [-0.25, -0.2) is 4.39 Å². The first-order valence-electron chi connectivity index (χ1n) is 6.84. The van der Waals surface area contributed by atoms with Crippen LogP contribution in [0.5, 0.6) is 0 Å². The fourth-order valence-corrected chi connectivity index (χ4v) is 2.87. The van der Waals surface area contributed by atoms with Crippen molar-refractivity contribution in [3.8, 4) is 0 Å². The number of hydrogen-bond acceptors (Lipinski definition) is 4. The molecule has 6 heteroatoms. The van der Waals surface area contributed by atoms with Gasteiger partial charge >= 0.3 is 0 Å². The van der Waals surface area contributed by atoms with Crippen LogP contribution in [-0.4, -0.2) is 63.2 Å². The van der Waals surface area contributed by atoms with Gasteiger partial charge in [0.05, 0.1) is 14.9 Å². The number of anilines is 2. The van der Waals surface area contributed by atoms with E-state index in [2.05, 4.69) is 28.8 Å². The minimum Gasteiger partial charge on any atom is -0.397 e. The lowest BCUT2D eigenvalue weighted by Gasteiger charge is -2.37. The number of nitrogens with two attached hydrogens (primary N) is 1. The molecule has 1 heterocycles. The van der Waals surface area contributed by atoms with Gasteiger partial charge in [0, 0.05) is 45.3 Å². The molecule has 1 aromatic rings. The Bertz CT molecular complexity index is 459. The Balaban J connectivity index is 1.95. The highest BCUT2D eigenvalue weighted by Crippen LogP contribution is 2.28. The summed E-state index contributed by atoms with van der Waals surface area (Å²) >= 11 is 1.97. The molecule has 20 heavy (non-hydrogen) atoms. The zero-order valence-corrected chi connectivity index (χ0v) is 14.2. The summed E-state index contributed by atoms with van der Waals surface area (Å²) in [5.74, 6) is -0.190. The molecule has 2 rings (SSSR count). The minimum atomic E-state index is -0.190. The first kappa shape index (κ1) is 15.8. The van der Waals surface area contributed by atoms with Crippen LogP contribution < -0.4 is 10.6 Å². The van der Waals surface area contributed by atoms with Gasteiger partial charge in [0.15, 0.2) is 0 Å². The average molecular weight is 392 g/mol. The van der Waals surface area contributed by atoms with E-state index in [9.17, 15) is 4.39 Å². The number of likely N-dealkylation sites (N-methyl/N-ethyl adjacent to an activating group) is 1. The second kappa shape index (κ2) is 6.91. The topological polar surface area (TPSA) is 35.7 Å². The molecule has 0 saturated carbocycles. The van der Waals surface area contributed by atoms with E-state index < -0.39 is 0 Å². The molecular formula is C14H22FIN4. The third kappa shape index (κ3) is 3.95. The summed E-state index contributed by atoms with van der Waals surface area (Å²) in [6.07, 6.45) is 0. The number of hydrogen-bond donors (Lipinski definition) is 1. The molecule has 0 unspecified atom stereocenters. The van der Waals surface area contributed by atoms with E-state index in [0.717, 1.165) is 45.0 Å². The van der Waals surface area contributed by atoms with Crippen LogP contribution in [0.1, 0.15) is 0 Å². The summed E-state index contributed by atoms with van der Waals surface area (Å²) in [7, 11) is 4.18. The average Bonchev–Trinajstić information content (AvgIpc) is 2.41. The van der Waals surface area contributed by atoms with Crippen molar-refractivity contribution in [2.24, 2.45) is 0 Å². The van der Waals surface area contributed by atoms with Crippen molar-refractivity contribution in [2.75, 3.05) is 64.0 Å². The van der Waals surface area contributed by atoms with E-state index in [-0.39, 0.29) is 5.82 Å². The van der Waals surface area contributed by atoms with Crippen molar-refractivity contribution in [1.82, 2.24) is 9.80 Å². The minimum absolute atomic E-state index is 0.190. The van der Waals surface area contributed by atoms with Crippen molar-refractivity contribution < 1.29 is 4.39 Å². The standard InChI is InChI=1S/C14H22FIN4/c1-18(2)3-4-19-5-7-20(8-6-19)14-9-11(15)12(16)10-13(14)17/h9-10H,3-8,17H2,1-2H3. The maximum Gasteiger partial charge on any atom is 0.138 e. The fraction of sp³-hybridized carbons (Fsp3) is 0.571. The zero-order valence-electron chi connectivity index (χ0n) is 12.1. The SMILES string of the molecule is CN(C)CCN1CCN(c2cc(F)c(I)cc2N)CC1. The van der Waals surface area contributed by atoms with Crippen molar-refractivity contribution in [3.63, 3.8) is 0 Å². The van der Waals surface area contributed by atoms with Crippen LogP contribution in [0.4, 0.5) is 15.8 Å². The lowest BCUT2D eigenvalue weighted by atomic mass is 10.2. The number of piperazine rings is 1. The Kier molecular flexibility index (Phi) is 5.45. The maximum atomic E-state index is 13.7. The van der Waals surface area contributed by atoms with Crippen LogP contribution in [0.2, 0.25) is 0 Å². The lowest BCUT2D eigenvalue weighted by molar-refractivity contribution is 0.229. The van der Waals surface area contributed by atoms with Gasteiger partial charge in [-0.3, -0.25) is 4.90 Å². The highest BCUT2D eigenvalue weighted by Gasteiger charge is 2.19. The molecule has 1 saturated heterocycles. The zero-order chi connectivity index (χ0) is 14.7. The Hall–Kier alpha value is -0.600. The van der Waals surface area contributed by atoms with Gasteiger partial charge in [0.25, 0.3) is 0 Å². The first-order chi connectivity index (χ1) is 9.47. The summed E-state index contributed by atoms with van der Waals surface area (Å²) < 4.78 is 14.3. The van der Waals surface area contributed by atoms with E-state index >= 15 is 0 Å². The van der Waals surface area contributed by atoms with Crippen LogP contribution in [0, 0.1) is 9.39 Å². The van der Waals surface area contributed by atoms with Crippen molar-refractivity contribution >= 4 is 34.0 Å². The molecular weight excluding hydrogens is 370 g/mol. The van der Waals surface area contributed by atoms with Gasteiger partial charge in [-0.2, -0.15) is 0 Å². The fourth-order valence-electron chi connectivity index (χ4n) is 2.38. The Labute approximate surface area is 133 Å². The highest BCUT2D eigenvalue weighted by molar-refractivity contribution is 14.1. The Morgan fingerprint density at radius 3 is 2.50 bits per heavy atom. The van der Waals surface area contributed by atoms with E-state index in [1.54, 1.807) is 12.1 Å². The van der Waals surface area contributed by atoms with Gasteiger partial charge in [-0.15, -0.1) is 0 Å². The third-order valence-electron chi connectivity index (χ3n) is 3.65. The smallest absolute Gasteiger partial charge is 0.138 e. The molecule has 1 fully saturated rings. The summed E-state index contributed by atoms with van der Waals surface area (Å²) in [6.45, 7) is 5.95. The van der Waals surface area contributed by atoms with Crippen LogP contribution >= 0.6 is 22.6 Å². The normalized spacial score (nSPS) is 16.9. The molecule has 0 spiro atoms. The van der Waals surface area contributed by atoms with E-state index in [0.29, 0.717) is 9.26 Å². The molecule has 0 aromatic heterocycles. The van der Waals surface area contributed by atoms with E-state index in [1.165, 1.54) is 0 Å². The molecule has 112 valence electrons. The largest absolute Gasteiger partial charge is 0.397 e. The summed E-state index contributed by atoms with van der Waals surface area (Å²) in [5.41, 5.74) is 7.51. The van der Waals surface area contributed by atoms with E-state index in [1.807, 2.05) is 22.6 Å². The summed E-state index contributed by atoms with van der Waals surface area (Å²) in [5, 5.41) is 0. The molecule has 0 aliphatic carbocycles. The van der Waals surface area contributed by atoms with Gasteiger partial charge in [0.1, 0.15) is 5.82 Å². The highest BCUT2D eigenvalue weighted by atomic mass is 127. The van der Waals surface area contributed by atoms with Gasteiger partial charge < -0.3 is 15.5 Å². The molecule has 0 amide bonds. The van der Waals surface area contributed by atoms with Gasteiger partial charge in [-0.1, -0.05) is 0 Å². The van der Waals surface area contributed by atoms with Crippen molar-refractivity contribution in [2.45, 2.75) is 0 Å². The number of rotatable bonds is 4. The molecule has 1 aliphatic heterocycles. The predicted octanol–water partition coefficient (Wildman–Crippen LogP) is 1.70. The molecule has 0 bridgehead atoms. The second-order valence-electron chi connectivity index (χ2n) is 5.46. The Morgan fingerprint density at radius 1 is 1.25 bits per heavy atom. The van der Waals surface area contributed by atoms with Crippen LogP contribution in [-0.2, 0) is 0 Å². The number of nitrogen functional groups attached to an aromatic ring is 1. The molecule has 2 N–H and O–H groups in total. The molecule has 0 atom stereocenters. The van der Waals surface area contributed by atoms with Gasteiger partial charge in [-0.05, 0) is 42.8 Å². The van der Waals surface area contributed by atoms with Crippen molar-refractivity contribution in [1.29, 1.82) is 0 Å². The maximum absolute atomic E-state index is 13.7. The number of benzene rings is 1. The molecule has 4 nitrogen and oxygen atoms in total. The van der Waals surface area contributed by atoms with Crippen LogP contribution in [0.15, 0.2) is 12.1 Å². The summed E-state index contributed by atoms with van der Waals surface area (Å²) in [4.78, 5) is 6.81. The third-order valence-corrected chi connectivity index (χ3v) is 4.47. The first-order valence-corrected chi connectivity index (χ1v) is 7.92. The summed E-state index contributed by atoms with van der Waals surface area (Å²) in [6, 6.07) is 3.27. The van der Waals surface area contributed by atoms with Crippen molar-refractivity contribution in [3.05, 3.63) is 21.5 Å². The monoisotopic (exact) mass is 392 g/mol.